The first-order valence-corrected chi connectivity index (χ1v) is 15.7. The number of carboxylic acids is 10. The number of carboxylic acid groups (broad SMARTS) is 10. The molecule has 0 unspecified atom stereocenters. The van der Waals surface area contributed by atoms with Gasteiger partial charge in [0.1, 0.15) is 0 Å². The first-order valence-electron chi connectivity index (χ1n) is 15.7. The van der Waals surface area contributed by atoms with Crippen LogP contribution >= 0.6 is 0 Å². The number of carbonyl (C=O) groups is 10. The van der Waals surface area contributed by atoms with Gasteiger partial charge in [-0.2, -0.15) is 0 Å². The van der Waals surface area contributed by atoms with E-state index < -0.39 is 59.7 Å². The van der Waals surface area contributed by atoms with Crippen LogP contribution in [-0.4, -0.2) is 142 Å². The van der Waals surface area contributed by atoms with Crippen molar-refractivity contribution in [2.75, 3.05) is 0 Å². The second-order valence-corrected chi connectivity index (χ2v) is 10.6. The van der Waals surface area contributed by atoms with E-state index in [1.54, 1.807) is 0 Å². The SMILES string of the molecule is O=C([O-])c1ccccc1C(=O)[O-].O=C([O-])c1ccccc1C(=O)[O-].O=C([O-])c1ccccc1C(=O)[O-].O=C([O-])c1ccccc1C(=O)[O-].O=C([O-])c1ccccc1C(=O)[O-].[Pb+2].[Pb+2].[Pb+2]. The normalized spacial score (nSPS) is 8.89. The maximum absolute atomic E-state index is 10.3. The molecule has 0 aliphatic rings. The van der Waals surface area contributed by atoms with E-state index in [0.717, 1.165) is 60.7 Å². The Kier molecular flexibility index (Phi) is 29.5. The number of carbonyl (C=O) groups excluding carboxylic acids is 10. The Morgan fingerprint density at radius 2 is 0.254 bits per heavy atom. The number of hydrogen-bond acceptors (Lipinski definition) is 20. The Bertz CT molecular complexity index is 1890. The minimum atomic E-state index is -1.52. The number of aromatic carboxylic acids is 10. The van der Waals surface area contributed by atoms with Crippen molar-refractivity contribution in [3.8, 4) is 0 Å². The van der Waals surface area contributed by atoms with E-state index in [4.69, 9.17) is 0 Å². The van der Waals surface area contributed by atoms with Gasteiger partial charge in [0.25, 0.3) is 0 Å². The predicted molar refractivity (Wildman–Crippen MR) is 193 cm³/mol. The zero-order valence-electron chi connectivity index (χ0n) is 31.2. The Balaban J connectivity index is -0.000000706. The fraction of sp³-hybridized carbons (Fsp3) is 0. The summed E-state index contributed by atoms with van der Waals surface area (Å²) in [6.07, 6.45) is 0. The molecule has 5 aromatic rings. The van der Waals surface area contributed by atoms with Gasteiger partial charge in [0.2, 0.25) is 0 Å². The van der Waals surface area contributed by atoms with Gasteiger partial charge >= 0.3 is 81.9 Å². The van der Waals surface area contributed by atoms with Crippen LogP contribution in [-0.2, 0) is 0 Å². The molecule has 5 aromatic carbocycles. The minimum Gasteiger partial charge on any atom is -0.545 e. The largest absolute Gasteiger partial charge is 2.00 e. The van der Waals surface area contributed by atoms with E-state index >= 15 is 0 Å². The maximum Gasteiger partial charge on any atom is 2.00 e. The quantitative estimate of drug-likeness (QED) is 0.117. The summed E-state index contributed by atoms with van der Waals surface area (Å²) >= 11 is 0. The number of rotatable bonds is 10. The van der Waals surface area contributed by atoms with Crippen LogP contribution in [0.15, 0.2) is 121 Å². The van der Waals surface area contributed by atoms with E-state index in [1.165, 1.54) is 60.7 Å². The van der Waals surface area contributed by atoms with E-state index in [9.17, 15) is 99.0 Å². The molecule has 5 rings (SSSR count). The fourth-order valence-corrected chi connectivity index (χ4v) is 4.20. The van der Waals surface area contributed by atoms with Crippen molar-refractivity contribution in [1.82, 2.24) is 0 Å². The molecule has 0 aromatic heterocycles. The van der Waals surface area contributed by atoms with E-state index in [0.29, 0.717) is 0 Å². The molecule has 0 saturated carbocycles. The second kappa shape index (κ2) is 30.6. The molecule has 0 atom stereocenters. The molecule has 0 aliphatic heterocycles. The van der Waals surface area contributed by atoms with Gasteiger partial charge in [-0.15, -0.1) is 0 Å². The third-order valence-electron chi connectivity index (χ3n) is 6.83. The molecule has 0 saturated heterocycles. The van der Waals surface area contributed by atoms with Crippen LogP contribution in [0.3, 0.4) is 0 Å². The van der Waals surface area contributed by atoms with Crippen molar-refractivity contribution in [1.29, 1.82) is 0 Å². The van der Waals surface area contributed by atoms with Crippen molar-refractivity contribution in [2.24, 2.45) is 0 Å². The molecule has 0 heterocycles. The molecule has 63 heavy (non-hydrogen) atoms. The monoisotopic (exact) mass is 1440 g/mol. The predicted octanol–water partition coefficient (Wildman–Crippen LogP) is -9.07. The summed E-state index contributed by atoms with van der Waals surface area (Å²) in [5.74, 6) is -15.2. The summed E-state index contributed by atoms with van der Waals surface area (Å²) in [5.41, 5.74) is -3.63. The average molecular weight is 1440 g/mol. The van der Waals surface area contributed by atoms with Crippen LogP contribution in [0.5, 0.6) is 0 Å². The van der Waals surface area contributed by atoms with Gasteiger partial charge in [0.15, 0.2) is 0 Å². The summed E-state index contributed by atoms with van der Waals surface area (Å²) in [5, 5.41) is 103. The van der Waals surface area contributed by atoms with Crippen LogP contribution in [0.25, 0.3) is 0 Å². The van der Waals surface area contributed by atoms with Crippen molar-refractivity contribution in [3.63, 3.8) is 0 Å². The molecule has 23 heteroatoms. The first-order chi connectivity index (χ1) is 28.1. The van der Waals surface area contributed by atoms with Gasteiger partial charge < -0.3 is 99.0 Å². The summed E-state index contributed by atoms with van der Waals surface area (Å²) in [6.45, 7) is 0. The third-order valence-corrected chi connectivity index (χ3v) is 6.83. The minimum absolute atomic E-state index is 0. The van der Waals surface area contributed by atoms with Crippen LogP contribution in [0, 0.1) is 0 Å². The third kappa shape index (κ3) is 20.3. The van der Waals surface area contributed by atoms with Gasteiger partial charge in [-0.25, -0.2) is 0 Å². The van der Waals surface area contributed by atoms with Crippen LogP contribution in [0.1, 0.15) is 104 Å². The molecular weight excluding hydrogens is 1420 g/mol. The first kappa shape index (κ1) is 60.9. The van der Waals surface area contributed by atoms with Gasteiger partial charge in [0, 0.05) is 55.6 Å². The molecule has 20 nitrogen and oxygen atoms in total. The summed E-state index contributed by atoms with van der Waals surface area (Å²) in [6, 6.07) is 25.7. The Labute approximate surface area is 414 Å². The van der Waals surface area contributed by atoms with Gasteiger partial charge in [-0.05, 0) is 0 Å². The fourth-order valence-electron chi connectivity index (χ4n) is 4.20. The molecule has 0 N–H and O–H groups in total. The summed E-state index contributed by atoms with van der Waals surface area (Å²) in [4.78, 5) is 103. The topological polar surface area (TPSA) is 401 Å². The molecular formula is C40H20O20Pb3-4. The molecule has 0 spiro atoms. The number of hydrogen-bond donors (Lipinski definition) is 0. The smallest absolute Gasteiger partial charge is 0.545 e. The zero-order chi connectivity index (χ0) is 45.7. The van der Waals surface area contributed by atoms with Crippen LogP contribution in [0.2, 0.25) is 0 Å². The molecule has 0 bridgehead atoms. The number of benzene rings is 5. The van der Waals surface area contributed by atoms with Gasteiger partial charge in [0.05, 0.1) is 59.7 Å². The summed E-state index contributed by atoms with van der Waals surface area (Å²) in [7, 11) is 0. The Morgan fingerprint density at radius 1 is 0.190 bits per heavy atom. The Morgan fingerprint density at radius 3 is 0.302 bits per heavy atom. The molecule has 6 radical (unpaired) electrons. The van der Waals surface area contributed by atoms with Crippen molar-refractivity contribution < 1.29 is 99.0 Å². The molecule has 0 amide bonds. The molecule has 0 aliphatic carbocycles. The van der Waals surface area contributed by atoms with Crippen molar-refractivity contribution >= 4 is 142 Å². The van der Waals surface area contributed by atoms with E-state index in [2.05, 4.69) is 0 Å². The molecule has 316 valence electrons. The Hall–Kier alpha value is -6.43. The van der Waals surface area contributed by atoms with Gasteiger partial charge in [-0.3, -0.25) is 0 Å². The van der Waals surface area contributed by atoms with Gasteiger partial charge in [-0.1, -0.05) is 121 Å². The summed E-state index contributed by atoms with van der Waals surface area (Å²) < 4.78 is 0. The zero-order valence-corrected chi connectivity index (χ0v) is 42.9. The standard InChI is InChI=1S/5C8H6O4.3Pb/c5*9-7(10)5-3-1-2-4-6(5)8(11)12;;;/h5*1-4H,(H,9,10)(H,11,12);;;/q;;;;;3*+2/p-10. The molecule has 0 fully saturated rings. The average Bonchev–Trinajstić information content (AvgIpc) is 3.21. The van der Waals surface area contributed by atoms with E-state index in [-0.39, 0.29) is 138 Å². The van der Waals surface area contributed by atoms with E-state index in [1.807, 2.05) is 0 Å². The maximum atomic E-state index is 10.3. The van der Waals surface area contributed by atoms with Crippen molar-refractivity contribution in [2.45, 2.75) is 0 Å². The van der Waals surface area contributed by atoms with Crippen molar-refractivity contribution in [3.05, 3.63) is 177 Å². The van der Waals surface area contributed by atoms with Crippen LogP contribution < -0.4 is 51.1 Å². The van der Waals surface area contributed by atoms with Crippen LogP contribution in [0.4, 0.5) is 0 Å². The second-order valence-electron chi connectivity index (χ2n) is 10.6.